The minimum Gasteiger partial charge on any atom is -0.398 e. The number of anilines is 1. The summed E-state index contributed by atoms with van der Waals surface area (Å²) < 4.78 is 0. The molecule has 1 amide bonds. The molecule has 0 aromatic heterocycles. The van der Waals surface area contributed by atoms with Gasteiger partial charge in [-0.05, 0) is 38.5 Å². The quantitative estimate of drug-likeness (QED) is 0.780. The van der Waals surface area contributed by atoms with Crippen molar-refractivity contribution in [1.82, 2.24) is 4.90 Å². The third-order valence-corrected chi connectivity index (χ3v) is 2.50. The smallest absolute Gasteiger partial charge is 0.253 e. The van der Waals surface area contributed by atoms with E-state index in [-0.39, 0.29) is 12.5 Å². The van der Waals surface area contributed by atoms with Crippen LogP contribution in [0.3, 0.4) is 0 Å². The van der Waals surface area contributed by atoms with Gasteiger partial charge in [0.2, 0.25) is 0 Å². The van der Waals surface area contributed by atoms with Crippen LogP contribution in [0.25, 0.3) is 0 Å². The van der Waals surface area contributed by atoms with Gasteiger partial charge in [-0.3, -0.25) is 4.79 Å². The Morgan fingerprint density at radius 2 is 2.06 bits per heavy atom. The Hall–Kier alpha value is -1.55. The van der Waals surface area contributed by atoms with E-state index < -0.39 is 5.60 Å². The van der Waals surface area contributed by atoms with Crippen molar-refractivity contribution in [1.29, 1.82) is 0 Å². The number of rotatable bonds is 3. The van der Waals surface area contributed by atoms with Gasteiger partial charge in [0.15, 0.2) is 0 Å². The van der Waals surface area contributed by atoms with Crippen molar-refractivity contribution in [3.63, 3.8) is 0 Å². The van der Waals surface area contributed by atoms with Crippen LogP contribution in [0.1, 0.15) is 29.8 Å². The largest absolute Gasteiger partial charge is 0.398 e. The number of benzene rings is 1. The first-order valence-electron chi connectivity index (χ1n) is 5.55. The van der Waals surface area contributed by atoms with Gasteiger partial charge in [-0.2, -0.15) is 0 Å². The summed E-state index contributed by atoms with van der Waals surface area (Å²) in [5.74, 6) is -0.140. The minimum atomic E-state index is -0.902. The summed E-state index contributed by atoms with van der Waals surface area (Å²) in [6, 6.07) is 5.23. The summed E-state index contributed by atoms with van der Waals surface area (Å²) in [6.45, 7) is 5.50. The summed E-state index contributed by atoms with van der Waals surface area (Å²) in [4.78, 5) is 13.5. The third kappa shape index (κ3) is 3.75. The van der Waals surface area contributed by atoms with Crippen molar-refractivity contribution in [3.8, 4) is 0 Å². The van der Waals surface area contributed by atoms with Gasteiger partial charge in [0.05, 0.1) is 5.60 Å². The molecule has 0 aliphatic heterocycles. The summed E-state index contributed by atoms with van der Waals surface area (Å²) in [7, 11) is 1.66. The van der Waals surface area contributed by atoms with Gasteiger partial charge < -0.3 is 15.7 Å². The van der Waals surface area contributed by atoms with E-state index in [1.807, 2.05) is 13.0 Å². The van der Waals surface area contributed by atoms with Crippen LogP contribution >= 0.6 is 0 Å². The van der Waals surface area contributed by atoms with E-state index >= 15 is 0 Å². The number of nitrogens with two attached hydrogens (primary N) is 1. The van der Waals surface area contributed by atoms with Crippen molar-refractivity contribution in [3.05, 3.63) is 29.3 Å². The SMILES string of the molecule is Cc1ccc(C(=O)N(C)CC(C)(C)O)cc1N. The second-order valence-electron chi connectivity index (χ2n) is 5.05. The maximum Gasteiger partial charge on any atom is 0.253 e. The zero-order valence-corrected chi connectivity index (χ0v) is 10.8. The van der Waals surface area contributed by atoms with Gasteiger partial charge in [-0.25, -0.2) is 0 Å². The Labute approximate surface area is 102 Å². The Morgan fingerprint density at radius 1 is 1.47 bits per heavy atom. The Morgan fingerprint density at radius 3 is 2.53 bits per heavy atom. The number of likely N-dealkylation sites (N-methyl/N-ethyl adjacent to an activating group) is 1. The first-order valence-corrected chi connectivity index (χ1v) is 5.55. The van der Waals surface area contributed by atoms with E-state index in [0.29, 0.717) is 11.3 Å². The van der Waals surface area contributed by atoms with Gasteiger partial charge in [-0.15, -0.1) is 0 Å². The Balaban J connectivity index is 2.85. The molecule has 1 aromatic carbocycles. The van der Waals surface area contributed by atoms with E-state index in [0.717, 1.165) is 5.56 Å². The molecular formula is C13H20N2O2. The predicted octanol–water partition coefficient (Wildman–Crippen LogP) is 1.42. The molecule has 0 spiro atoms. The van der Waals surface area contributed by atoms with Gasteiger partial charge >= 0.3 is 0 Å². The van der Waals surface area contributed by atoms with E-state index in [1.165, 1.54) is 4.90 Å². The summed E-state index contributed by atoms with van der Waals surface area (Å²) in [5.41, 5.74) is 6.96. The maximum absolute atomic E-state index is 12.0. The van der Waals surface area contributed by atoms with Crippen molar-refractivity contribution in [2.45, 2.75) is 26.4 Å². The fourth-order valence-corrected chi connectivity index (χ4v) is 1.65. The second-order valence-corrected chi connectivity index (χ2v) is 5.05. The molecule has 0 aliphatic carbocycles. The minimum absolute atomic E-state index is 0.140. The number of nitrogen functional groups attached to an aromatic ring is 1. The fourth-order valence-electron chi connectivity index (χ4n) is 1.65. The van der Waals surface area contributed by atoms with Crippen LogP contribution < -0.4 is 5.73 Å². The third-order valence-electron chi connectivity index (χ3n) is 2.50. The molecule has 0 saturated heterocycles. The standard InChI is InChI=1S/C13H20N2O2/c1-9-5-6-10(7-11(9)14)12(16)15(4)8-13(2,3)17/h5-7,17H,8,14H2,1-4H3. The molecule has 0 radical (unpaired) electrons. The molecule has 17 heavy (non-hydrogen) atoms. The first kappa shape index (κ1) is 13.5. The van der Waals surface area contributed by atoms with Crippen LogP contribution in [0.4, 0.5) is 5.69 Å². The molecule has 94 valence electrons. The lowest BCUT2D eigenvalue weighted by molar-refractivity contribution is 0.0368. The zero-order chi connectivity index (χ0) is 13.2. The normalized spacial score (nSPS) is 11.4. The van der Waals surface area contributed by atoms with Crippen molar-refractivity contribution in [2.75, 3.05) is 19.3 Å². The summed E-state index contributed by atoms with van der Waals surface area (Å²) in [5, 5.41) is 9.66. The lowest BCUT2D eigenvalue weighted by atomic mass is 10.1. The molecule has 0 unspecified atom stereocenters. The highest BCUT2D eigenvalue weighted by Crippen LogP contribution is 2.15. The average molecular weight is 236 g/mol. The molecule has 1 rings (SSSR count). The number of carbonyl (C=O) groups is 1. The lowest BCUT2D eigenvalue weighted by Gasteiger charge is -2.25. The average Bonchev–Trinajstić information content (AvgIpc) is 2.18. The predicted molar refractivity (Wildman–Crippen MR) is 68.8 cm³/mol. The van der Waals surface area contributed by atoms with Crippen LogP contribution in [-0.2, 0) is 0 Å². The van der Waals surface area contributed by atoms with Crippen molar-refractivity contribution >= 4 is 11.6 Å². The highest BCUT2D eigenvalue weighted by Gasteiger charge is 2.20. The van der Waals surface area contributed by atoms with Crippen LogP contribution in [0, 0.1) is 6.92 Å². The van der Waals surface area contributed by atoms with Crippen molar-refractivity contribution < 1.29 is 9.90 Å². The first-order chi connectivity index (χ1) is 7.70. The molecular weight excluding hydrogens is 216 g/mol. The number of nitrogens with zero attached hydrogens (tertiary/aromatic N) is 1. The van der Waals surface area contributed by atoms with Gasteiger partial charge in [0.1, 0.15) is 0 Å². The zero-order valence-electron chi connectivity index (χ0n) is 10.8. The Kier molecular flexibility index (Phi) is 3.78. The number of hydrogen-bond acceptors (Lipinski definition) is 3. The number of carbonyl (C=O) groups excluding carboxylic acids is 1. The number of amides is 1. The molecule has 0 fully saturated rings. The molecule has 4 heteroatoms. The highest BCUT2D eigenvalue weighted by molar-refractivity contribution is 5.95. The van der Waals surface area contributed by atoms with Gasteiger partial charge in [0, 0.05) is 24.8 Å². The molecule has 0 bridgehead atoms. The summed E-state index contributed by atoms with van der Waals surface area (Å²) >= 11 is 0. The molecule has 1 aromatic rings. The molecule has 0 saturated carbocycles. The van der Waals surface area contributed by atoms with E-state index in [9.17, 15) is 9.90 Å². The number of aliphatic hydroxyl groups is 1. The van der Waals surface area contributed by atoms with E-state index in [4.69, 9.17) is 5.73 Å². The van der Waals surface area contributed by atoms with Crippen LogP contribution in [0.15, 0.2) is 18.2 Å². The lowest BCUT2D eigenvalue weighted by Crippen LogP contribution is -2.39. The van der Waals surface area contributed by atoms with Crippen molar-refractivity contribution in [2.24, 2.45) is 0 Å². The monoisotopic (exact) mass is 236 g/mol. The maximum atomic E-state index is 12.0. The number of hydrogen-bond donors (Lipinski definition) is 2. The molecule has 4 nitrogen and oxygen atoms in total. The topological polar surface area (TPSA) is 66.6 Å². The van der Waals surface area contributed by atoms with Crippen LogP contribution in [-0.4, -0.2) is 35.1 Å². The molecule has 0 atom stereocenters. The van der Waals surface area contributed by atoms with Gasteiger partial charge in [0.25, 0.3) is 5.91 Å². The molecule has 0 heterocycles. The van der Waals surface area contributed by atoms with E-state index in [2.05, 4.69) is 0 Å². The fraction of sp³-hybridized carbons (Fsp3) is 0.462. The van der Waals surface area contributed by atoms with Crippen LogP contribution in [0.2, 0.25) is 0 Å². The van der Waals surface area contributed by atoms with Crippen LogP contribution in [0.5, 0.6) is 0 Å². The highest BCUT2D eigenvalue weighted by atomic mass is 16.3. The second kappa shape index (κ2) is 4.75. The number of aryl methyl sites for hydroxylation is 1. The Bertz CT molecular complexity index is 422. The van der Waals surface area contributed by atoms with E-state index in [1.54, 1.807) is 33.0 Å². The molecule has 3 N–H and O–H groups in total. The summed E-state index contributed by atoms with van der Waals surface area (Å²) in [6.07, 6.45) is 0. The van der Waals surface area contributed by atoms with Gasteiger partial charge in [-0.1, -0.05) is 6.07 Å². The molecule has 0 aliphatic rings.